The van der Waals surface area contributed by atoms with E-state index in [1.165, 1.54) is 449 Å². The molecule has 0 fully saturated rings. The molecule has 0 aromatic carbocycles. The Labute approximate surface area is 641 Å². The van der Waals surface area contributed by atoms with Gasteiger partial charge in [-0.2, -0.15) is 0 Å². The molecule has 0 N–H and O–H groups in total. The Kier molecular flexibility index (Phi) is 92.3. The molecule has 2 atom stereocenters. The van der Waals surface area contributed by atoms with Gasteiger partial charge in [0.25, 0.3) is 0 Å². The molecule has 2 unspecified atom stereocenters. The first-order valence-corrected chi connectivity index (χ1v) is 46.9. The van der Waals surface area contributed by atoms with Gasteiger partial charge in [-0.1, -0.05) is 503 Å². The fraction of sp³-hybridized carbons (Fsp3) is 1.00. The van der Waals surface area contributed by atoms with Crippen LogP contribution in [0.1, 0.15) is 529 Å². The van der Waals surface area contributed by atoms with Crippen LogP contribution in [-0.4, -0.2) is 76.9 Å². The molecule has 11 heteroatoms. The molecule has 0 aromatic rings. The van der Waals surface area contributed by atoms with Crippen molar-refractivity contribution in [3.05, 3.63) is 0 Å². The zero-order chi connectivity index (χ0) is 70.1. The summed E-state index contributed by atoms with van der Waals surface area (Å²) in [5.74, 6) is 0.390. The monoisotopic (exact) mass is 1440 g/mol. The summed E-state index contributed by atoms with van der Waals surface area (Å²) in [6, 6.07) is 0. The Morgan fingerprint density at radius 2 is 0.278 bits per heavy atom. The van der Waals surface area contributed by atoms with E-state index in [2.05, 4.69) is 36.1 Å². The van der Waals surface area contributed by atoms with Crippen molar-refractivity contribution in [3.8, 4) is 0 Å². The summed E-state index contributed by atoms with van der Waals surface area (Å²) in [6.45, 7) is 9.30. The summed E-state index contributed by atoms with van der Waals surface area (Å²) in [5.41, 5.74) is 0. The smallest absolute Gasteiger partial charge is 0.726 e. The first kappa shape index (κ1) is 102. The molecule has 0 bridgehead atoms. The van der Waals surface area contributed by atoms with Crippen LogP contribution >= 0.6 is 0 Å². The first-order valence-electron chi connectivity index (χ1n) is 44.2. The van der Waals surface area contributed by atoms with Gasteiger partial charge in [0.2, 0.25) is 20.8 Å². The van der Waals surface area contributed by atoms with E-state index in [9.17, 15) is 25.9 Å². The maximum absolute atomic E-state index is 11.0. The zero-order valence-electron chi connectivity index (χ0n) is 66.5. The quantitative estimate of drug-likeness (QED) is 0.0254. The molecular formula is C86H174CaO8S2. The number of rotatable bonds is 84. The van der Waals surface area contributed by atoms with Crippen molar-refractivity contribution in [2.24, 2.45) is 11.8 Å². The molecule has 0 aromatic heterocycles. The molecule has 0 amide bonds. The van der Waals surface area contributed by atoms with Crippen molar-refractivity contribution in [1.29, 1.82) is 0 Å². The molecule has 0 rings (SSSR count). The third kappa shape index (κ3) is 97.0. The Bertz CT molecular complexity index is 1520. The molecule has 580 valence electrons. The Balaban J connectivity index is -0.00000180. The van der Waals surface area contributed by atoms with E-state index in [0.29, 0.717) is 0 Å². The average Bonchev–Trinajstić information content (AvgIpc) is 3.54. The van der Waals surface area contributed by atoms with Gasteiger partial charge in [0, 0.05) is 0 Å². The third-order valence-corrected chi connectivity index (χ3v) is 22.1. The van der Waals surface area contributed by atoms with Crippen LogP contribution in [0.5, 0.6) is 0 Å². The summed E-state index contributed by atoms with van der Waals surface area (Å²) in [5, 5.41) is 0. The molecule has 0 aliphatic heterocycles. The Morgan fingerprint density at radius 1 is 0.186 bits per heavy atom. The van der Waals surface area contributed by atoms with E-state index in [1.54, 1.807) is 0 Å². The van der Waals surface area contributed by atoms with Crippen LogP contribution in [0.25, 0.3) is 0 Å². The van der Waals surface area contributed by atoms with Gasteiger partial charge in [-0.05, 0) is 37.5 Å². The molecule has 0 radical (unpaired) electrons. The zero-order valence-corrected chi connectivity index (χ0v) is 70.4. The van der Waals surface area contributed by atoms with Gasteiger partial charge in [-0.25, -0.2) is 16.8 Å². The molecule has 8 nitrogen and oxygen atoms in total. The van der Waals surface area contributed by atoms with Crippen molar-refractivity contribution >= 4 is 58.5 Å². The normalized spacial score (nSPS) is 12.5. The van der Waals surface area contributed by atoms with E-state index in [4.69, 9.17) is 0 Å². The standard InChI is InChI=1S/2C43H88O4S.Ca/c2*1-3-5-7-9-11-13-15-17-19-21-22-23-25-27-29-31-33-35-37-39-41-43(42-47-48(44,45)46)40-38-36-34-32-30-28-26-24-20-18-16-14-12-10-8-6-4-2;/h2*43H,3-42H2,1-2H3,(H,44,45,46);/q;;+2/p-2. The second kappa shape index (κ2) is 87.6. The van der Waals surface area contributed by atoms with Gasteiger partial charge in [-0.15, -0.1) is 0 Å². The molecule has 0 aliphatic carbocycles. The van der Waals surface area contributed by atoms with Gasteiger partial charge >= 0.3 is 37.7 Å². The van der Waals surface area contributed by atoms with Gasteiger partial charge in [-0.3, -0.25) is 8.37 Å². The second-order valence-electron chi connectivity index (χ2n) is 31.0. The molecule has 0 saturated carbocycles. The predicted octanol–water partition coefficient (Wildman–Crippen LogP) is 30.3. The fourth-order valence-corrected chi connectivity index (χ4v) is 15.4. The van der Waals surface area contributed by atoms with Crippen LogP contribution in [0.3, 0.4) is 0 Å². The van der Waals surface area contributed by atoms with Crippen molar-refractivity contribution in [3.63, 3.8) is 0 Å². The predicted molar refractivity (Wildman–Crippen MR) is 427 cm³/mol. The Hall–Kier alpha value is 1.000. The van der Waals surface area contributed by atoms with Gasteiger partial charge in [0.1, 0.15) is 0 Å². The van der Waals surface area contributed by atoms with Crippen molar-refractivity contribution in [2.45, 2.75) is 529 Å². The number of hydrogen-bond acceptors (Lipinski definition) is 8. The van der Waals surface area contributed by atoms with Gasteiger partial charge in [0.05, 0.1) is 13.2 Å². The summed E-state index contributed by atoms with van der Waals surface area (Å²) in [7, 11) is -9.19. The van der Waals surface area contributed by atoms with Crippen LogP contribution in [0.2, 0.25) is 0 Å². The summed E-state index contributed by atoms with van der Waals surface area (Å²) in [6.07, 6.45) is 105. The second-order valence-corrected chi connectivity index (χ2v) is 33.1. The minimum Gasteiger partial charge on any atom is -0.726 e. The van der Waals surface area contributed by atoms with E-state index in [1.807, 2.05) is 0 Å². The van der Waals surface area contributed by atoms with Crippen molar-refractivity contribution in [1.82, 2.24) is 0 Å². The van der Waals surface area contributed by atoms with Crippen LogP contribution in [0.4, 0.5) is 0 Å². The van der Waals surface area contributed by atoms with Gasteiger partial charge in [0.15, 0.2) is 0 Å². The molecule has 0 heterocycles. The minimum atomic E-state index is -4.60. The largest absolute Gasteiger partial charge is 2.00 e. The van der Waals surface area contributed by atoms with E-state index in [-0.39, 0.29) is 62.8 Å². The third-order valence-electron chi connectivity index (χ3n) is 21.3. The van der Waals surface area contributed by atoms with Gasteiger partial charge < -0.3 is 9.11 Å². The van der Waals surface area contributed by atoms with E-state index < -0.39 is 20.8 Å². The maximum atomic E-state index is 11.0. The maximum Gasteiger partial charge on any atom is 2.00 e. The van der Waals surface area contributed by atoms with Crippen LogP contribution in [-0.2, 0) is 29.2 Å². The van der Waals surface area contributed by atoms with Crippen LogP contribution in [0.15, 0.2) is 0 Å². The van der Waals surface area contributed by atoms with E-state index >= 15 is 0 Å². The fourth-order valence-electron chi connectivity index (χ4n) is 14.7. The molecule has 0 aliphatic rings. The van der Waals surface area contributed by atoms with Crippen LogP contribution < -0.4 is 0 Å². The SMILES string of the molecule is CCCCCCCCCCCCCCCCCCCCCCC(CCCCCCCCCCCCCCCCCCC)COS(=O)(=O)[O-].CCCCCCCCCCCCCCCCCCCCCCC(CCCCCCCCCCCCCCCCCCC)COS(=O)(=O)[O-].[Ca+2]. The summed E-state index contributed by atoms with van der Waals surface area (Å²) in [4.78, 5) is 0. The minimum absolute atomic E-state index is 0. The number of unbranched alkanes of at least 4 members (excludes halogenated alkanes) is 70. The molecule has 0 saturated heterocycles. The van der Waals surface area contributed by atoms with Crippen molar-refractivity contribution in [2.75, 3.05) is 13.2 Å². The van der Waals surface area contributed by atoms with Crippen molar-refractivity contribution < 1.29 is 34.3 Å². The first-order chi connectivity index (χ1) is 47.0. The Morgan fingerprint density at radius 3 is 0.371 bits per heavy atom. The molecule has 0 spiro atoms. The summed E-state index contributed by atoms with van der Waals surface area (Å²) < 4.78 is 75.7. The van der Waals surface area contributed by atoms with Crippen LogP contribution in [0, 0.1) is 11.8 Å². The summed E-state index contributed by atoms with van der Waals surface area (Å²) >= 11 is 0. The molecular weight excluding hydrogens is 1270 g/mol. The topological polar surface area (TPSA) is 133 Å². The van der Waals surface area contributed by atoms with E-state index in [0.717, 1.165) is 51.4 Å². The molecule has 97 heavy (non-hydrogen) atoms. The number of hydrogen-bond donors (Lipinski definition) is 0. The average molecular weight is 1440 g/mol.